The van der Waals surface area contributed by atoms with Crippen LogP contribution in [0, 0.1) is 5.41 Å². The van der Waals surface area contributed by atoms with Gasteiger partial charge in [-0.2, -0.15) is 0 Å². The van der Waals surface area contributed by atoms with Crippen LogP contribution in [0.1, 0.15) is 45.2 Å². The largest absolute Gasteiger partial charge is 0.465 e. The quantitative estimate of drug-likeness (QED) is 0.906. The van der Waals surface area contributed by atoms with Crippen molar-refractivity contribution in [2.24, 2.45) is 12.5 Å². The van der Waals surface area contributed by atoms with E-state index in [4.69, 9.17) is 4.98 Å². The zero-order valence-corrected chi connectivity index (χ0v) is 15.3. The van der Waals surface area contributed by atoms with Gasteiger partial charge in [-0.15, -0.1) is 0 Å². The zero-order valence-electron chi connectivity index (χ0n) is 15.3. The molecule has 136 valence electrons. The fourth-order valence-electron chi connectivity index (χ4n) is 3.53. The Morgan fingerprint density at radius 1 is 1.36 bits per heavy atom. The molecule has 1 aliphatic rings. The Hall–Kier alpha value is -2.31. The Bertz CT molecular complexity index is 860. The molecule has 3 rings (SSSR count). The van der Waals surface area contributed by atoms with E-state index in [1.165, 1.54) is 4.90 Å². The van der Waals surface area contributed by atoms with Crippen molar-refractivity contribution in [3.05, 3.63) is 28.3 Å². The number of carboxylic acid groups (broad SMARTS) is 1. The van der Waals surface area contributed by atoms with Gasteiger partial charge in [0.2, 0.25) is 0 Å². The van der Waals surface area contributed by atoms with Crippen molar-refractivity contribution in [1.29, 1.82) is 0 Å². The van der Waals surface area contributed by atoms with E-state index >= 15 is 0 Å². The molecule has 0 aromatic carbocycles. The van der Waals surface area contributed by atoms with Crippen LogP contribution in [0.2, 0.25) is 0 Å². The molecule has 25 heavy (non-hydrogen) atoms. The SMILES string of the molecule is Cn1c(=O)n(CC(C)(C)C)c2ccc(C3CCCN(C(=O)O)C3)nc21. The molecule has 0 spiro atoms. The van der Waals surface area contributed by atoms with Crippen LogP contribution >= 0.6 is 0 Å². The van der Waals surface area contributed by atoms with E-state index in [1.807, 2.05) is 12.1 Å². The molecule has 2 aromatic rings. The molecule has 0 aliphatic carbocycles. The van der Waals surface area contributed by atoms with Crippen molar-refractivity contribution in [2.75, 3.05) is 13.1 Å². The second kappa shape index (κ2) is 6.20. The van der Waals surface area contributed by atoms with Crippen molar-refractivity contribution in [2.45, 2.75) is 46.1 Å². The summed E-state index contributed by atoms with van der Waals surface area (Å²) >= 11 is 0. The van der Waals surface area contributed by atoms with Gasteiger partial charge in [0.25, 0.3) is 0 Å². The van der Waals surface area contributed by atoms with Crippen LogP contribution in [0.15, 0.2) is 16.9 Å². The maximum absolute atomic E-state index is 12.6. The lowest BCUT2D eigenvalue weighted by Gasteiger charge is -2.30. The van der Waals surface area contributed by atoms with Crippen molar-refractivity contribution >= 4 is 17.3 Å². The third-order valence-corrected chi connectivity index (χ3v) is 4.75. The Morgan fingerprint density at radius 3 is 2.72 bits per heavy atom. The first-order chi connectivity index (χ1) is 11.7. The van der Waals surface area contributed by atoms with Gasteiger partial charge < -0.3 is 10.0 Å². The number of amides is 1. The van der Waals surface area contributed by atoms with Crippen LogP contribution in [-0.4, -0.2) is 43.3 Å². The van der Waals surface area contributed by atoms with Gasteiger partial charge >= 0.3 is 11.8 Å². The Kier molecular flexibility index (Phi) is 4.34. The van der Waals surface area contributed by atoms with Gasteiger partial charge in [-0.1, -0.05) is 20.8 Å². The van der Waals surface area contributed by atoms with Crippen molar-refractivity contribution < 1.29 is 9.90 Å². The Labute approximate surface area is 146 Å². The standard InChI is InChI=1S/C18H26N4O3/c1-18(2,3)11-22-14-8-7-13(19-15(14)20(4)16(22)23)12-6-5-9-21(10-12)17(24)25/h7-8,12H,5-6,9-11H2,1-4H3,(H,24,25). The maximum Gasteiger partial charge on any atom is 0.407 e. The number of pyridine rings is 1. The number of likely N-dealkylation sites (tertiary alicyclic amines) is 1. The molecule has 0 radical (unpaired) electrons. The average molecular weight is 346 g/mol. The molecule has 1 saturated heterocycles. The van der Waals surface area contributed by atoms with Crippen LogP contribution < -0.4 is 5.69 Å². The summed E-state index contributed by atoms with van der Waals surface area (Å²) in [7, 11) is 1.74. The predicted octanol–water partition coefficient (Wildman–Crippen LogP) is 2.64. The van der Waals surface area contributed by atoms with E-state index in [-0.39, 0.29) is 17.0 Å². The molecule has 1 N–H and O–H groups in total. The molecular formula is C18H26N4O3. The highest BCUT2D eigenvalue weighted by Gasteiger charge is 2.26. The number of imidazole rings is 1. The third-order valence-electron chi connectivity index (χ3n) is 4.75. The molecule has 1 fully saturated rings. The van der Waals surface area contributed by atoms with Crippen LogP contribution in [0.25, 0.3) is 11.2 Å². The van der Waals surface area contributed by atoms with E-state index in [9.17, 15) is 14.7 Å². The van der Waals surface area contributed by atoms with E-state index in [0.717, 1.165) is 24.1 Å². The predicted molar refractivity (Wildman–Crippen MR) is 96.0 cm³/mol. The number of hydrogen-bond donors (Lipinski definition) is 1. The maximum atomic E-state index is 12.6. The molecule has 0 bridgehead atoms. The minimum Gasteiger partial charge on any atom is -0.465 e. The van der Waals surface area contributed by atoms with Gasteiger partial charge in [0.15, 0.2) is 5.65 Å². The lowest BCUT2D eigenvalue weighted by molar-refractivity contribution is 0.130. The molecule has 1 aliphatic heterocycles. The van der Waals surface area contributed by atoms with E-state index < -0.39 is 6.09 Å². The van der Waals surface area contributed by atoms with Crippen LogP contribution in [0.3, 0.4) is 0 Å². The van der Waals surface area contributed by atoms with Crippen molar-refractivity contribution in [3.63, 3.8) is 0 Å². The first-order valence-electron chi connectivity index (χ1n) is 8.71. The minimum absolute atomic E-state index is 0.0118. The molecule has 2 aromatic heterocycles. The fraction of sp³-hybridized carbons (Fsp3) is 0.611. The third kappa shape index (κ3) is 3.41. The van der Waals surface area contributed by atoms with E-state index in [2.05, 4.69) is 20.8 Å². The number of nitrogens with zero attached hydrogens (tertiary/aromatic N) is 4. The monoisotopic (exact) mass is 346 g/mol. The summed E-state index contributed by atoms with van der Waals surface area (Å²) in [5, 5.41) is 9.22. The Morgan fingerprint density at radius 2 is 2.08 bits per heavy atom. The summed E-state index contributed by atoms with van der Waals surface area (Å²) in [4.78, 5) is 30.0. The normalized spacial score (nSPS) is 18.7. The van der Waals surface area contributed by atoms with Crippen molar-refractivity contribution in [3.8, 4) is 0 Å². The van der Waals surface area contributed by atoms with E-state index in [0.29, 0.717) is 25.3 Å². The summed E-state index contributed by atoms with van der Waals surface area (Å²) < 4.78 is 3.36. The average Bonchev–Trinajstić information content (AvgIpc) is 2.78. The molecule has 0 saturated carbocycles. The Balaban J connectivity index is 1.99. The molecule has 7 heteroatoms. The topological polar surface area (TPSA) is 80.4 Å². The molecular weight excluding hydrogens is 320 g/mol. The highest BCUT2D eigenvalue weighted by atomic mass is 16.4. The highest BCUT2D eigenvalue weighted by Crippen LogP contribution is 2.27. The summed E-state index contributed by atoms with van der Waals surface area (Å²) in [6, 6.07) is 3.89. The molecule has 3 heterocycles. The van der Waals surface area contributed by atoms with E-state index in [1.54, 1.807) is 16.2 Å². The van der Waals surface area contributed by atoms with Crippen molar-refractivity contribution in [1.82, 2.24) is 19.0 Å². The minimum atomic E-state index is -0.880. The molecule has 1 atom stereocenters. The number of piperidine rings is 1. The molecule has 7 nitrogen and oxygen atoms in total. The second-order valence-electron chi connectivity index (χ2n) is 8.13. The number of fused-ring (bicyclic) bond motifs is 1. The van der Waals surface area contributed by atoms with Gasteiger partial charge in [-0.3, -0.25) is 9.13 Å². The van der Waals surface area contributed by atoms with Gasteiger partial charge in [-0.25, -0.2) is 14.6 Å². The number of carbonyl (C=O) groups is 1. The van der Waals surface area contributed by atoms with Gasteiger partial charge in [0.1, 0.15) is 0 Å². The molecule has 1 unspecified atom stereocenters. The summed E-state index contributed by atoms with van der Waals surface area (Å²) in [5.41, 5.74) is 2.28. The van der Waals surface area contributed by atoms with Gasteiger partial charge in [0, 0.05) is 38.3 Å². The first kappa shape index (κ1) is 17.5. The van der Waals surface area contributed by atoms with Crippen LogP contribution in [0.4, 0.5) is 4.79 Å². The lowest BCUT2D eigenvalue weighted by atomic mass is 9.94. The van der Waals surface area contributed by atoms with Gasteiger partial charge in [0.05, 0.1) is 5.52 Å². The smallest absolute Gasteiger partial charge is 0.407 e. The fourth-order valence-corrected chi connectivity index (χ4v) is 3.53. The van der Waals surface area contributed by atoms with Gasteiger partial charge in [-0.05, 0) is 30.4 Å². The van der Waals surface area contributed by atoms with Crippen LogP contribution in [0.5, 0.6) is 0 Å². The number of hydrogen-bond acceptors (Lipinski definition) is 3. The number of rotatable bonds is 2. The second-order valence-corrected chi connectivity index (χ2v) is 8.13. The lowest BCUT2D eigenvalue weighted by Crippen LogP contribution is -2.38. The molecule has 1 amide bonds. The number of aromatic nitrogens is 3. The summed E-state index contributed by atoms with van der Waals surface area (Å²) in [6.45, 7) is 7.97. The number of aryl methyl sites for hydroxylation is 1. The zero-order chi connectivity index (χ0) is 18.4. The summed E-state index contributed by atoms with van der Waals surface area (Å²) in [6.07, 6.45) is 0.870. The summed E-state index contributed by atoms with van der Waals surface area (Å²) in [5.74, 6) is 0.0790. The highest BCUT2D eigenvalue weighted by molar-refractivity contribution is 5.72. The van der Waals surface area contributed by atoms with Crippen LogP contribution in [-0.2, 0) is 13.6 Å². The first-order valence-corrected chi connectivity index (χ1v) is 8.71.